The van der Waals surface area contributed by atoms with Crippen molar-refractivity contribution >= 4 is 37.9 Å². The van der Waals surface area contributed by atoms with Crippen LogP contribution in [0.15, 0.2) is 20.0 Å². The van der Waals surface area contributed by atoms with E-state index in [0.29, 0.717) is 6.42 Å². The number of ether oxygens (including phenoxy) is 1. The number of methoxy groups -OCH3 is 1. The number of halogens is 1. The molecule has 1 unspecified atom stereocenters. The zero-order chi connectivity index (χ0) is 15.8. The number of hydrogen-bond acceptors (Lipinski definition) is 6. The first-order chi connectivity index (χ1) is 9.77. The van der Waals surface area contributed by atoms with Gasteiger partial charge in [-0.2, -0.15) is 4.31 Å². The monoisotopic (exact) mass is 381 g/mol. The van der Waals surface area contributed by atoms with Crippen molar-refractivity contribution in [3.8, 4) is 0 Å². The first-order valence-corrected chi connectivity index (χ1v) is 8.11. The number of hydrogen-bond donors (Lipinski definition) is 1. The van der Waals surface area contributed by atoms with Crippen LogP contribution in [0.5, 0.6) is 0 Å². The third kappa shape index (κ3) is 2.97. The number of carbonyl (C=O) groups is 2. The van der Waals surface area contributed by atoms with Gasteiger partial charge >= 0.3 is 11.9 Å². The Morgan fingerprint density at radius 2 is 2.19 bits per heavy atom. The first kappa shape index (κ1) is 16.0. The smallest absolute Gasteiger partial charge is 0.371 e. The topological polar surface area (TPSA) is 114 Å². The van der Waals surface area contributed by atoms with Crippen LogP contribution in [-0.4, -0.2) is 50.0 Å². The van der Waals surface area contributed by atoms with E-state index in [1.54, 1.807) is 0 Å². The van der Waals surface area contributed by atoms with E-state index in [0.717, 1.165) is 10.4 Å². The summed E-state index contributed by atoms with van der Waals surface area (Å²) in [6.07, 6.45) is 0.354. The standard InChI is InChI=1S/C11H12BrNO7S/c1-19-11(16)6-2-3-13(5-6)21(17,18)8-4-7(10(14)15)20-9(8)12/h4,6H,2-3,5H2,1H3,(H,14,15). The number of carboxylic acids is 1. The lowest BCUT2D eigenvalue weighted by atomic mass is 10.1. The van der Waals surface area contributed by atoms with E-state index >= 15 is 0 Å². The van der Waals surface area contributed by atoms with E-state index in [9.17, 15) is 18.0 Å². The van der Waals surface area contributed by atoms with Crippen LogP contribution in [0.4, 0.5) is 0 Å². The molecule has 1 aliphatic rings. The number of aromatic carboxylic acids is 1. The second-order valence-corrected chi connectivity index (χ2v) is 7.05. The summed E-state index contributed by atoms with van der Waals surface area (Å²) in [5.41, 5.74) is 0. The second-order valence-electron chi connectivity index (χ2n) is 4.43. The van der Waals surface area contributed by atoms with Crippen molar-refractivity contribution in [2.24, 2.45) is 5.92 Å². The van der Waals surface area contributed by atoms with Crippen LogP contribution in [0.2, 0.25) is 0 Å². The SMILES string of the molecule is COC(=O)C1CCN(S(=O)(=O)c2cc(C(=O)O)oc2Br)C1. The fourth-order valence-corrected chi connectivity index (χ4v) is 4.48. The maximum absolute atomic E-state index is 12.4. The average molecular weight is 382 g/mol. The molecule has 0 spiro atoms. The molecular weight excluding hydrogens is 370 g/mol. The summed E-state index contributed by atoms with van der Waals surface area (Å²) in [7, 11) is -2.69. The van der Waals surface area contributed by atoms with Crippen LogP contribution in [-0.2, 0) is 19.6 Å². The minimum atomic E-state index is -3.94. The molecule has 1 fully saturated rings. The van der Waals surface area contributed by atoms with Crippen molar-refractivity contribution in [2.45, 2.75) is 11.3 Å². The molecule has 2 rings (SSSR count). The molecule has 1 N–H and O–H groups in total. The van der Waals surface area contributed by atoms with Gasteiger partial charge in [0.1, 0.15) is 4.90 Å². The summed E-state index contributed by atoms with van der Waals surface area (Å²) >= 11 is 2.90. The molecule has 8 nitrogen and oxygen atoms in total. The summed E-state index contributed by atoms with van der Waals surface area (Å²) in [5.74, 6) is -2.84. The van der Waals surface area contributed by atoms with Crippen LogP contribution >= 0.6 is 15.9 Å². The highest BCUT2D eigenvalue weighted by atomic mass is 79.9. The fourth-order valence-electron chi connectivity index (χ4n) is 2.08. The number of rotatable bonds is 4. The van der Waals surface area contributed by atoms with Gasteiger partial charge in [-0.05, 0) is 22.4 Å². The number of sulfonamides is 1. The summed E-state index contributed by atoms with van der Waals surface area (Å²) in [5, 5.41) is 8.82. The predicted octanol–water partition coefficient (Wildman–Crippen LogP) is 0.924. The second kappa shape index (κ2) is 5.78. The Morgan fingerprint density at radius 3 is 2.71 bits per heavy atom. The molecule has 1 aliphatic heterocycles. The number of carboxylic acid groups (broad SMARTS) is 1. The molecule has 1 aromatic heterocycles. The highest BCUT2D eigenvalue weighted by molar-refractivity contribution is 9.10. The summed E-state index contributed by atoms with van der Waals surface area (Å²) < 4.78 is 35.2. The number of furan rings is 1. The Balaban J connectivity index is 2.27. The fraction of sp³-hybridized carbons (Fsp3) is 0.455. The molecule has 1 aromatic rings. The van der Waals surface area contributed by atoms with E-state index in [2.05, 4.69) is 20.7 Å². The molecule has 21 heavy (non-hydrogen) atoms. The summed E-state index contributed by atoms with van der Waals surface area (Å²) in [4.78, 5) is 22.0. The van der Waals surface area contributed by atoms with Crippen molar-refractivity contribution in [1.82, 2.24) is 4.31 Å². The van der Waals surface area contributed by atoms with Gasteiger partial charge in [-0.1, -0.05) is 0 Å². The van der Waals surface area contributed by atoms with E-state index in [-0.39, 0.29) is 22.7 Å². The quantitative estimate of drug-likeness (QED) is 0.771. The first-order valence-electron chi connectivity index (χ1n) is 5.88. The molecule has 0 radical (unpaired) electrons. The van der Waals surface area contributed by atoms with Gasteiger partial charge in [0, 0.05) is 19.2 Å². The van der Waals surface area contributed by atoms with Crippen LogP contribution < -0.4 is 0 Å². The summed E-state index contributed by atoms with van der Waals surface area (Å²) in [6.45, 7) is 0.150. The zero-order valence-corrected chi connectivity index (χ0v) is 13.3. The largest absolute Gasteiger partial charge is 0.475 e. The lowest BCUT2D eigenvalue weighted by Gasteiger charge is -2.15. The number of esters is 1. The molecule has 1 atom stereocenters. The van der Waals surface area contributed by atoms with Crippen LogP contribution in [0, 0.1) is 5.92 Å². The van der Waals surface area contributed by atoms with Gasteiger partial charge in [-0.3, -0.25) is 4.79 Å². The molecule has 0 bridgehead atoms. The molecule has 10 heteroatoms. The van der Waals surface area contributed by atoms with Crippen LogP contribution in [0.1, 0.15) is 17.0 Å². The van der Waals surface area contributed by atoms with Crippen molar-refractivity contribution < 1.29 is 32.3 Å². The van der Waals surface area contributed by atoms with Crippen molar-refractivity contribution in [1.29, 1.82) is 0 Å². The Morgan fingerprint density at radius 1 is 1.52 bits per heavy atom. The Bertz CT molecular complexity index is 681. The maximum Gasteiger partial charge on any atom is 0.371 e. The van der Waals surface area contributed by atoms with E-state index < -0.39 is 33.6 Å². The molecule has 0 aliphatic carbocycles. The van der Waals surface area contributed by atoms with Gasteiger partial charge in [0.25, 0.3) is 0 Å². The van der Waals surface area contributed by atoms with Crippen LogP contribution in [0.3, 0.4) is 0 Å². The highest BCUT2D eigenvalue weighted by Gasteiger charge is 2.38. The Labute approximate surface area is 128 Å². The van der Waals surface area contributed by atoms with Crippen LogP contribution in [0.25, 0.3) is 0 Å². The van der Waals surface area contributed by atoms with E-state index in [4.69, 9.17) is 9.52 Å². The third-order valence-corrected chi connectivity index (χ3v) is 5.89. The molecule has 116 valence electrons. The van der Waals surface area contributed by atoms with Gasteiger partial charge in [0.15, 0.2) is 4.67 Å². The third-order valence-electron chi connectivity index (χ3n) is 3.17. The summed E-state index contributed by atoms with van der Waals surface area (Å²) in [6, 6.07) is 0.938. The molecule has 0 amide bonds. The number of nitrogens with zero attached hydrogens (tertiary/aromatic N) is 1. The maximum atomic E-state index is 12.4. The minimum absolute atomic E-state index is 0.00493. The molecular formula is C11H12BrNO7S. The lowest BCUT2D eigenvalue weighted by molar-refractivity contribution is -0.144. The van der Waals surface area contributed by atoms with Gasteiger partial charge in [0.2, 0.25) is 15.8 Å². The van der Waals surface area contributed by atoms with E-state index in [1.165, 1.54) is 7.11 Å². The predicted molar refractivity (Wildman–Crippen MR) is 72.2 cm³/mol. The Kier molecular flexibility index (Phi) is 4.40. The molecule has 0 saturated carbocycles. The molecule has 1 saturated heterocycles. The molecule has 2 heterocycles. The van der Waals surface area contributed by atoms with Gasteiger partial charge in [0.05, 0.1) is 13.0 Å². The normalized spacial score (nSPS) is 19.6. The van der Waals surface area contributed by atoms with Crippen molar-refractivity contribution in [3.63, 3.8) is 0 Å². The van der Waals surface area contributed by atoms with Crippen molar-refractivity contribution in [2.75, 3.05) is 20.2 Å². The zero-order valence-electron chi connectivity index (χ0n) is 10.9. The van der Waals surface area contributed by atoms with Gasteiger partial charge in [-0.15, -0.1) is 0 Å². The number of carbonyl (C=O) groups excluding carboxylic acids is 1. The van der Waals surface area contributed by atoms with Crippen molar-refractivity contribution in [3.05, 3.63) is 16.5 Å². The molecule has 0 aromatic carbocycles. The Hall–Kier alpha value is -1.39. The average Bonchev–Trinajstić information content (AvgIpc) is 3.04. The van der Waals surface area contributed by atoms with E-state index in [1.807, 2.05) is 0 Å². The van der Waals surface area contributed by atoms with Gasteiger partial charge < -0.3 is 14.3 Å². The minimum Gasteiger partial charge on any atom is -0.475 e. The highest BCUT2D eigenvalue weighted by Crippen LogP contribution is 2.31. The van der Waals surface area contributed by atoms with Gasteiger partial charge in [-0.25, -0.2) is 13.2 Å². The lowest BCUT2D eigenvalue weighted by Crippen LogP contribution is -2.30.